The molecule has 0 atom stereocenters. The van der Waals surface area contributed by atoms with Crippen molar-refractivity contribution in [2.24, 2.45) is 0 Å². The topological polar surface area (TPSA) is 26.3 Å². The third-order valence-corrected chi connectivity index (χ3v) is 3.16. The summed E-state index contributed by atoms with van der Waals surface area (Å²) in [6.45, 7) is 1.77. The number of halogens is 3. The molecule has 0 spiro atoms. The second-order valence-corrected chi connectivity index (χ2v) is 4.60. The summed E-state index contributed by atoms with van der Waals surface area (Å²) in [6.07, 6.45) is -4.40. The molecule has 0 bridgehead atoms. The van der Waals surface area contributed by atoms with Gasteiger partial charge in [-0.3, -0.25) is 0 Å². The summed E-state index contributed by atoms with van der Waals surface area (Å²) >= 11 is 0. The molecule has 0 amide bonds. The number of hydrogen-bond acceptors (Lipinski definition) is 2. The molecule has 0 saturated carbocycles. The van der Waals surface area contributed by atoms with Gasteiger partial charge in [-0.15, -0.1) is 0 Å². The zero-order valence-corrected chi connectivity index (χ0v) is 11.5. The second-order valence-electron chi connectivity index (χ2n) is 4.60. The van der Waals surface area contributed by atoms with Crippen molar-refractivity contribution in [1.82, 2.24) is 0 Å². The van der Waals surface area contributed by atoms with E-state index in [1.165, 1.54) is 19.2 Å². The lowest BCUT2D eigenvalue weighted by molar-refractivity contribution is -0.137. The van der Waals surface area contributed by atoms with Crippen LogP contribution in [0.4, 0.5) is 13.2 Å². The van der Waals surface area contributed by atoms with E-state index in [1.54, 1.807) is 25.1 Å². The van der Waals surface area contributed by atoms with Crippen LogP contribution >= 0.6 is 0 Å². The molecule has 2 rings (SSSR count). The van der Waals surface area contributed by atoms with Gasteiger partial charge in [0.15, 0.2) is 0 Å². The Morgan fingerprint density at radius 1 is 1.10 bits per heavy atom. The molecule has 2 aromatic carbocycles. The quantitative estimate of drug-likeness (QED) is 0.764. The number of benzene rings is 2. The third-order valence-electron chi connectivity index (χ3n) is 3.16. The molecule has 21 heavy (non-hydrogen) atoms. The molecular weight excluding hydrogens is 281 g/mol. The lowest BCUT2D eigenvalue weighted by atomic mass is 9.96. The molecule has 0 radical (unpaired) electrons. The van der Waals surface area contributed by atoms with Crippen LogP contribution < -0.4 is 0 Å². The number of rotatable bonds is 2. The predicted octanol–water partition coefficient (Wildman–Crippen LogP) is 4.47. The molecule has 0 saturated heterocycles. The van der Waals surface area contributed by atoms with Gasteiger partial charge >= 0.3 is 12.1 Å². The normalized spacial score (nSPS) is 11.3. The van der Waals surface area contributed by atoms with Crippen LogP contribution in [0.15, 0.2) is 42.5 Å². The maximum absolute atomic E-state index is 12.8. The SMILES string of the molecule is COC(=O)c1ccc(C)c(-c2cccc(C(F)(F)F)c2)c1. The van der Waals surface area contributed by atoms with Crippen LogP contribution in [0.3, 0.4) is 0 Å². The van der Waals surface area contributed by atoms with Gasteiger partial charge in [-0.1, -0.05) is 18.2 Å². The minimum absolute atomic E-state index is 0.301. The summed E-state index contributed by atoms with van der Waals surface area (Å²) in [7, 11) is 1.26. The Bertz CT molecular complexity index is 675. The van der Waals surface area contributed by atoms with Crippen LogP contribution in [0, 0.1) is 6.92 Å². The van der Waals surface area contributed by atoms with Gasteiger partial charge < -0.3 is 4.74 Å². The molecule has 2 nitrogen and oxygen atoms in total. The van der Waals surface area contributed by atoms with Gasteiger partial charge in [-0.05, 0) is 47.9 Å². The largest absolute Gasteiger partial charge is 0.465 e. The third kappa shape index (κ3) is 3.24. The monoisotopic (exact) mass is 294 g/mol. The van der Waals surface area contributed by atoms with E-state index in [9.17, 15) is 18.0 Å². The van der Waals surface area contributed by atoms with Crippen LogP contribution in [-0.2, 0) is 10.9 Å². The highest BCUT2D eigenvalue weighted by atomic mass is 19.4. The zero-order chi connectivity index (χ0) is 15.6. The fourth-order valence-electron chi connectivity index (χ4n) is 2.04. The molecule has 2 aromatic rings. The van der Waals surface area contributed by atoms with Crippen LogP contribution in [0.5, 0.6) is 0 Å². The van der Waals surface area contributed by atoms with Gasteiger partial charge in [0.25, 0.3) is 0 Å². The minimum Gasteiger partial charge on any atom is -0.465 e. The maximum Gasteiger partial charge on any atom is 0.416 e. The average molecular weight is 294 g/mol. The maximum atomic E-state index is 12.8. The van der Waals surface area contributed by atoms with Crippen LogP contribution in [0.1, 0.15) is 21.5 Å². The molecule has 0 aromatic heterocycles. The average Bonchev–Trinajstić information content (AvgIpc) is 2.46. The molecule has 0 aliphatic rings. The number of aryl methyl sites for hydroxylation is 1. The fourth-order valence-corrected chi connectivity index (χ4v) is 2.04. The Morgan fingerprint density at radius 2 is 1.81 bits per heavy atom. The molecule has 0 fully saturated rings. The standard InChI is InChI=1S/C16H13F3O2/c1-10-6-7-12(15(20)21-2)9-14(10)11-4-3-5-13(8-11)16(17,18)19/h3-9H,1-2H3. The van der Waals surface area contributed by atoms with Crippen molar-refractivity contribution < 1.29 is 22.7 Å². The smallest absolute Gasteiger partial charge is 0.416 e. The first-order valence-corrected chi connectivity index (χ1v) is 6.19. The number of alkyl halides is 3. The van der Waals surface area contributed by atoms with E-state index in [2.05, 4.69) is 4.74 Å². The van der Waals surface area contributed by atoms with E-state index in [1.807, 2.05) is 0 Å². The molecule has 0 N–H and O–H groups in total. The van der Waals surface area contributed by atoms with Crippen molar-refractivity contribution in [2.45, 2.75) is 13.1 Å². The number of ether oxygens (including phenoxy) is 1. The lowest BCUT2D eigenvalue weighted by Crippen LogP contribution is -2.05. The molecule has 5 heteroatoms. The van der Waals surface area contributed by atoms with Crippen molar-refractivity contribution in [1.29, 1.82) is 0 Å². The molecule has 0 heterocycles. The van der Waals surface area contributed by atoms with E-state index in [-0.39, 0.29) is 0 Å². The Kier molecular flexibility index (Phi) is 4.02. The Balaban J connectivity index is 2.54. The highest BCUT2D eigenvalue weighted by Crippen LogP contribution is 2.33. The number of hydrogen-bond donors (Lipinski definition) is 0. The highest BCUT2D eigenvalue weighted by molar-refractivity contribution is 5.91. The van der Waals surface area contributed by atoms with E-state index in [0.29, 0.717) is 16.7 Å². The Morgan fingerprint density at radius 3 is 2.43 bits per heavy atom. The summed E-state index contributed by atoms with van der Waals surface area (Å²) in [5, 5.41) is 0. The van der Waals surface area contributed by atoms with Crippen molar-refractivity contribution in [2.75, 3.05) is 7.11 Å². The summed E-state index contributed by atoms with van der Waals surface area (Å²) < 4.78 is 42.9. The first kappa shape index (κ1) is 15.1. The zero-order valence-electron chi connectivity index (χ0n) is 11.5. The van der Waals surface area contributed by atoms with E-state index in [0.717, 1.165) is 17.7 Å². The van der Waals surface area contributed by atoms with Crippen molar-refractivity contribution in [3.05, 3.63) is 59.2 Å². The van der Waals surface area contributed by atoms with Gasteiger partial charge in [-0.25, -0.2) is 4.79 Å². The van der Waals surface area contributed by atoms with E-state index < -0.39 is 17.7 Å². The first-order valence-electron chi connectivity index (χ1n) is 6.19. The number of carbonyl (C=O) groups is 1. The Hall–Kier alpha value is -2.30. The highest BCUT2D eigenvalue weighted by Gasteiger charge is 2.30. The van der Waals surface area contributed by atoms with E-state index >= 15 is 0 Å². The molecule has 0 aliphatic heterocycles. The fraction of sp³-hybridized carbons (Fsp3) is 0.188. The van der Waals surface area contributed by atoms with Crippen LogP contribution in [0.25, 0.3) is 11.1 Å². The molecule has 110 valence electrons. The van der Waals surface area contributed by atoms with Crippen LogP contribution in [0.2, 0.25) is 0 Å². The summed E-state index contributed by atoms with van der Waals surface area (Å²) in [6, 6.07) is 9.82. The number of methoxy groups -OCH3 is 1. The number of esters is 1. The summed E-state index contributed by atoms with van der Waals surface area (Å²) in [4.78, 5) is 11.5. The second kappa shape index (κ2) is 5.60. The predicted molar refractivity (Wildman–Crippen MR) is 73.0 cm³/mol. The van der Waals surface area contributed by atoms with Gasteiger partial charge in [-0.2, -0.15) is 13.2 Å². The van der Waals surface area contributed by atoms with Gasteiger partial charge in [0, 0.05) is 0 Å². The molecule has 0 unspecified atom stereocenters. The summed E-state index contributed by atoms with van der Waals surface area (Å²) in [5.41, 5.74) is 1.34. The van der Waals surface area contributed by atoms with Crippen molar-refractivity contribution in [3.63, 3.8) is 0 Å². The lowest BCUT2D eigenvalue weighted by Gasteiger charge is -2.11. The van der Waals surface area contributed by atoms with E-state index in [4.69, 9.17) is 0 Å². The Labute approximate surface area is 120 Å². The van der Waals surface area contributed by atoms with Crippen molar-refractivity contribution in [3.8, 4) is 11.1 Å². The van der Waals surface area contributed by atoms with Crippen molar-refractivity contribution >= 4 is 5.97 Å². The van der Waals surface area contributed by atoms with Crippen LogP contribution in [-0.4, -0.2) is 13.1 Å². The number of carbonyl (C=O) groups excluding carboxylic acids is 1. The van der Waals surface area contributed by atoms with Gasteiger partial charge in [0.2, 0.25) is 0 Å². The first-order chi connectivity index (χ1) is 9.82. The van der Waals surface area contributed by atoms with Gasteiger partial charge in [0.05, 0.1) is 18.2 Å². The summed E-state index contributed by atoms with van der Waals surface area (Å²) in [5.74, 6) is -0.525. The molecular formula is C16H13F3O2. The molecule has 0 aliphatic carbocycles. The minimum atomic E-state index is -4.40. The van der Waals surface area contributed by atoms with Gasteiger partial charge in [0.1, 0.15) is 0 Å².